The second-order valence-corrected chi connectivity index (χ2v) is 10.2. The first-order valence-electron chi connectivity index (χ1n) is 10.3. The Bertz CT molecular complexity index is 1350. The first-order chi connectivity index (χ1) is 15.3. The molecule has 32 heavy (non-hydrogen) atoms. The average molecular weight is 468 g/mol. The minimum Gasteiger partial charge on any atom is -0.322 e. The number of anilines is 1. The van der Waals surface area contributed by atoms with Crippen molar-refractivity contribution in [2.45, 2.75) is 45.6 Å². The molecule has 2 N–H and O–H groups in total. The van der Waals surface area contributed by atoms with E-state index in [-0.39, 0.29) is 16.7 Å². The zero-order valence-corrected chi connectivity index (χ0v) is 20.3. The van der Waals surface area contributed by atoms with Crippen molar-refractivity contribution < 1.29 is 4.79 Å². The van der Waals surface area contributed by atoms with Crippen LogP contribution in [0.15, 0.2) is 35.1 Å². The lowest BCUT2D eigenvalue weighted by atomic mass is 10.2. The standard InChI is InChI=1S/C23H25N5O2S2/c1-12-15(4)32-23-19(12)22(30)24-18(25-23)11-31-16(5)21(29)26-20-13(2)27-28(14(20)3)17-9-7-6-8-10-17/h6-10,16H,11H2,1-5H3,(H,26,29)(H,24,25,30). The number of nitrogens with zero attached hydrogens (tertiary/aromatic N) is 3. The van der Waals surface area contributed by atoms with Gasteiger partial charge in [-0.15, -0.1) is 23.1 Å². The summed E-state index contributed by atoms with van der Waals surface area (Å²) in [6.07, 6.45) is 0. The van der Waals surface area contributed by atoms with Crippen molar-refractivity contribution in [3.63, 3.8) is 0 Å². The molecular formula is C23H25N5O2S2. The van der Waals surface area contributed by atoms with E-state index < -0.39 is 0 Å². The van der Waals surface area contributed by atoms with E-state index in [1.807, 2.05) is 69.6 Å². The van der Waals surface area contributed by atoms with Gasteiger partial charge in [-0.3, -0.25) is 9.59 Å². The molecule has 0 saturated heterocycles. The third-order valence-electron chi connectivity index (χ3n) is 5.47. The van der Waals surface area contributed by atoms with Gasteiger partial charge < -0.3 is 10.3 Å². The van der Waals surface area contributed by atoms with Gasteiger partial charge in [0.05, 0.1) is 39.2 Å². The van der Waals surface area contributed by atoms with Crippen LogP contribution >= 0.6 is 23.1 Å². The van der Waals surface area contributed by atoms with Gasteiger partial charge in [-0.1, -0.05) is 18.2 Å². The van der Waals surface area contributed by atoms with Gasteiger partial charge in [-0.2, -0.15) is 5.10 Å². The molecule has 3 aromatic heterocycles. The van der Waals surface area contributed by atoms with Crippen LogP contribution in [-0.2, 0) is 10.5 Å². The number of hydrogen-bond acceptors (Lipinski definition) is 6. The van der Waals surface area contributed by atoms with Crippen LogP contribution in [0.4, 0.5) is 5.69 Å². The lowest BCUT2D eigenvalue weighted by Crippen LogP contribution is -2.23. The summed E-state index contributed by atoms with van der Waals surface area (Å²) in [7, 11) is 0. The summed E-state index contributed by atoms with van der Waals surface area (Å²) >= 11 is 2.96. The number of aromatic amines is 1. The topological polar surface area (TPSA) is 92.7 Å². The minimum atomic E-state index is -0.332. The molecule has 3 heterocycles. The Kier molecular flexibility index (Phi) is 6.21. The third kappa shape index (κ3) is 4.22. The Morgan fingerprint density at radius 1 is 1.22 bits per heavy atom. The van der Waals surface area contributed by atoms with E-state index in [1.165, 1.54) is 23.1 Å². The van der Waals surface area contributed by atoms with Gasteiger partial charge in [0.1, 0.15) is 10.7 Å². The number of hydrogen-bond donors (Lipinski definition) is 2. The molecule has 4 rings (SSSR count). The van der Waals surface area contributed by atoms with Crippen LogP contribution in [0.2, 0.25) is 0 Å². The fourth-order valence-electron chi connectivity index (χ4n) is 3.52. The number of fused-ring (bicyclic) bond motifs is 1. The molecule has 1 unspecified atom stereocenters. The molecule has 0 bridgehead atoms. The second-order valence-electron chi connectivity index (χ2n) is 7.71. The number of thioether (sulfide) groups is 1. The van der Waals surface area contributed by atoms with Crippen LogP contribution in [0.25, 0.3) is 15.9 Å². The molecule has 0 spiro atoms. The number of H-pyrrole nitrogens is 1. The number of benzene rings is 1. The van der Waals surface area contributed by atoms with Crippen LogP contribution in [0.5, 0.6) is 0 Å². The molecule has 1 aromatic carbocycles. The number of aryl methyl sites for hydroxylation is 3. The van der Waals surface area contributed by atoms with E-state index in [0.717, 1.165) is 38.0 Å². The summed E-state index contributed by atoms with van der Waals surface area (Å²) in [6.45, 7) is 9.61. The Hall–Kier alpha value is -2.91. The number of amides is 1. The lowest BCUT2D eigenvalue weighted by Gasteiger charge is -2.12. The highest BCUT2D eigenvalue weighted by Gasteiger charge is 2.20. The number of rotatable bonds is 6. The van der Waals surface area contributed by atoms with E-state index in [4.69, 9.17) is 0 Å². The van der Waals surface area contributed by atoms with E-state index in [2.05, 4.69) is 20.4 Å². The van der Waals surface area contributed by atoms with Gasteiger partial charge in [0.25, 0.3) is 5.56 Å². The smallest absolute Gasteiger partial charge is 0.259 e. The number of carbonyl (C=O) groups is 1. The normalized spacial score (nSPS) is 12.3. The predicted octanol–water partition coefficient (Wildman–Crippen LogP) is 4.66. The van der Waals surface area contributed by atoms with Crippen molar-refractivity contribution in [2.24, 2.45) is 0 Å². The second kappa shape index (κ2) is 8.91. The summed E-state index contributed by atoms with van der Waals surface area (Å²) < 4.78 is 1.83. The zero-order valence-electron chi connectivity index (χ0n) is 18.6. The summed E-state index contributed by atoms with van der Waals surface area (Å²) in [5.74, 6) is 0.912. The molecule has 7 nitrogen and oxygen atoms in total. The Labute approximate surface area is 194 Å². The van der Waals surface area contributed by atoms with Gasteiger partial charge in [0, 0.05) is 4.88 Å². The van der Waals surface area contributed by atoms with E-state index in [0.29, 0.717) is 17.0 Å². The van der Waals surface area contributed by atoms with Crippen molar-refractivity contribution in [3.05, 3.63) is 68.3 Å². The molecular weight excluding hydrogens is 442 g/mol. The number of aromatic nitrogens is 4. The Morgan fingerprint density at radius 3 is 2.66 bits per heavy atom. The monoisotopic (exact) mass is 467 g/mol. The van der Waals surface area contributed by atoms with Crippen molar-refractivity contribution >= 4 is 44.9 Å². The summed E-state index contributed by atoms with van der Waals surface area (Å²) in [4.78, 5) is 34.6. The zero-order chi connectivity index (χ0) is 23.0. The number of nitrogens with one attached hydrogen (secondary N) is 2. The molecule has 0 fully saturated rings. The van der Waals surface area contributed by atoms with Crippen LogP contribution in [0.1, 0.15) is 34.6 Å². The number of para-hydroxylation sites is 1. The van der Waals surface area contributed by atoms with Crippen LogP contribution < -0.4 is 10.9 Å². The molecule has 0 saturated carbocycles. The molecule has 1 atom stereocenters. The first kappa shape index (κ1) is 22.3. The van der Waals surface area contributed by atoms with Crippen molar-refractivity contribution in [2.75, 3.05) is 5.32 Å². The minimum absolute atomic E-state index is 0.111. The van der Waals surface area contributed by atoms with Gasteiger partial charge in [0.2, 0.25) is 5.91 Å². The van der Waals surface area contributed by atoms with Crippen molar-refractivity contribution in [1.29, 1.82) is 0 Å². The molecule has 0 radical (unpaired) electrons. The number of thiophene rings is 1. The SMILES string of the molecule is Cc1nn(-c2ccccc2)c(C)c1NC(=O)C(C)SCc1nc2sc(C)c(C)c2c(=O)[nH]1. The highest BCUT2D eigenvalue weighted by molar-refractivity contribution is 7.99. The van der Waals surface area contributed by atoms with Gasteiger partial charge >= 0.3 is 0 Å². The molecule has 0 aliphatic rings. The molecule has 4 aromatic rings. The quantitative estimate of drug-likeness (QED) is 0.430. The molecule has 1 amide bonds. The molecule has 0 aliphatic heterocycles. The number of carbonyl (C=O) groups excluding carboxylic acids is 1. The first-order valence-corrected chi connectivity index (χ1v) is 12.2. The summed E-state index contributed by atoms with van der Waals surface area (Å²) in [6, 6.07) is 9.82. The highest BCUT2D eigenvalue weighted by atomic mass is 32.2. The maximum absolute atomic E-state index is 12.9. The average Bonchev–Trinajstić information content (AvgIpc) is 3.22. The van der Waals surface area contributed by atoms with E-state index >= 15 is 0 Å². The van der Waals surface area contributed by atoms with Gasteiger partial charge in [-0.05, 0) is 52.3 Å². The van der Waals surface area contributed by atoms with Crippen molar-refractivity contribution in [3.8, 4) is 5.69 Å². The fourth-order valence-corrected chi connectivity index (χ4v) is 5.32. The Morgan fingerprint density at radius 2 is 1.94 bits per heavy atom. The van der Waals surface area contributed by atoms with Crippen molar-refractivity contribution in [1.82, 2.24) is 19.7 Å². The molecule has 9 heteroatoms. The van der Waals surface area contributed by atoms with Crippen LogP contribution in [-0.4, -0.2) is 30.9 Å². The maximum Gasteiger partial charge on any atom is 0.259 e. The van der Waals surface area contributed by atoms with Gasteiger partial charge in [-0.25, -0.2) is 9.67 Å². The van der Waals surface area contributed by atoms with Gasteiger partial charge in [0.15, 0.2) is 0 Å². The summed E-state index contributed by atoms with van der Waals surface area (Å²) in [5, 5.41) is 7.93. The van der Waals surface area contributed by atoms with Crippen LogP contribution in [0, 0.1) is 27.7 Å². The molecule has 0 aliphatic carbocycles. The van der Waals surface area contributed by atoms with Crippen LogP contribution in [0.3, 0.4) is 0 Å². The summed E-state index contributed by atoms with van der Waals surface area (Å²) in [5.41, 5.74) is 4.16. The highest BCUT2D eigenvalue weighted by Crippen LogP contribution is 2.27. The third-order valence-corrected chi connectivity index (χ3v) is 7.72. The van der Waals surface area contributed by atoms with E-state index in [1.54, 1.807) is 0 Å². The Balaban J connectivity index is 1.46. The fraction of sp³-hybridized carbons (Fsp3) is 0.304. The predicted molar refractivity (Wildman–Crippen MR) is 132 cm³/mol. The molecule has 166 valence electrons. The van der Waals surface area contributed by atoms with E-state index in [9.17, 15) is 9.59 Å². The largest absolute Gasteiger partial charge is 0.322 e. The lowest BCUT2D eigenvalue weighted by molar-refractivity contribution is -0.115. The maximum atomic E-state index is 12.9.